The molecule has 0 radical (unpaired) electrons. The van der Waals surface area contributed by atoms with Crippen LogP contribution in [0.4, 0.5) is 21.0 Å². The Kier molecular flexibility index (Phi) is 11.5. The molecular weight excluding hydrogens is 496 g/mol. The average molecular weight is 539 g/mol. The van der Waals surface area contributed by atoms with E-state index >= 15 is 0 Å². The first-order valence-electron chi connectivity index (χ1n) is 14.0. The maximum Gasteiger partial charge on any atom is 0.329 e. The van der Waals surface area contributed by atoms with Crippen LogP contribution in [0, 0.1) is 0 Å². The molecule has 0 spiro atoms. The second-order valence-electron chi connectivity index (χ2n) is 9.83. The first-order chi connectivity index (χ1) is 18.9. The molecule has 1 atom stereocenters. The zero-order valence-electron chi connectivity index (χ0n) is 23.4. The van der Waals surface area contributed by atoms with Crippen molar-refractivity contribution in [2.75, 3.05) is 44.7 Å². The Labute approximate surface area is 231 Å². The van der Waals surface area contributed by atoms with Crippen molar-refractivity contribution >= 4 is 29.4 Å². The van der Waals surface area contributed by atoms with Crippen LogP contribution >= 0.6 is 0 Å². The number of anilines is 2. The van der Waals surface area contributed by atoms with Gasteiger partial charge in [0.05, 0.1) is 25.0 Å². The minimum atomic E-state index is -1.17. The van der Waals surface area contributed by atoms with Gasteiger partial charge in [0, 0.05) is 32.2 Å². The van der Waals surface area contributed by atoms with Gasteiger partial charge in [0.15, 0.2) is 0 Å². The molecule has 212 valence electrons. The number of aliphatic carboxylic acids is 1. The lowest BCUT2D eigenvalue weighted by Crippen LogP contribution is -2.62. The topological polar surface area (TPSA) is 93.6 Å². The Hall–Kier alpha value is -3.75. The molecule has 39 heavy (non-hydrogen) atoms. The van der Waals surface area contributed by atoms with Crippen LogP contribution in [0.15, 0.2) is 54.6 Å². The number of hydrogen-bond acceptors (Lipinski definition) is 4. The van der Waals surface area contributed by atoms with Crippen molar-refractivity contribution in [1.29, 1.82) is 0 Å². The van der Waals surface area contributed by atoms with Gasteiger partial charge in [0.25, 0.3) is 0 Å². The first kappa shape index (κ1) is 29.8. The number of amides is 4. The molecule has 0 saturated carbocycles. The number of carbonyl (C=O) groups excluding carboxylic acids is 2. The molecular formula is C30H42N4O5. The van der Waals surface area contributed by atoms with Crippen molar-refractivity contribution in [1.82, 2.24) is 14.7 Å². The molecule has 3 rings (SSSR count). The van der Waals surface area contributed by atoms with E-state index in [0.717, 1.165) is 38.5 Å². The van der Waals surface area contributed by atoms with Crippen LogP contribution in [-0.4, -0.2) is 83.7 Å². The fourth-order valence-corrected chi connectivity index (χ4v) is 4.83. The third kappa shape index (κ3) is 7.88. The Morgan fingerprint density at radius 3 is 2.10 bits per heavy atom. The Bertz CT molecular complexity index is 1070. The number of carbonyl (C=O) groups is 3. The van der Waals surface area contributed by atoms with Crippen LogP contribution in [0.2, 0.25) is 0 Å². The van der Waals surface area contributed by atoms with Gasteiger partial charge in [-0.2, -0.15) is 0 Å². The fourth-order valence-electron chi connectivity index (χ4n) is 4.83. The van der Waals surface area contributed by atoms with Gasteiger partial charge in [-0.3, -0.25) is 4.90 Å². The molecule has 2 aromatic rings. The lowest BCUT2D eigenvalue weighted by Gasteiger charge is -2.42. The van der Waals surface area contributed by atoms with Crippen molar-refractivity contribution in [3.63, 3.8) is 0 Å². The number of nitrogens with zero attached hydrogens (tertiary/aromatic N) is 4. The van der Waals surface area contributed by atoms with Gasteiger partial charge in [0.1, 0.15) is 11.8 Å². The van der Waals surface area contributed by atoms with Crippen molar-refractivity contribution < 1.29 is 24.2 Å². The van der Waals surface area contributed by atoms with Gasteiger partial charge in [-0.25, -0.2) is 14.4 Å². The number of benzene rings is 2. The minimum absolute atomic E-state index is 0.0568. The average Bonchev–Trinajstić information content (AvgIpc) is 2.96. The summed E-state index contributed by atoms with van der Waals surface area (Å²) in [7, 11) is 1.55. The van der Waals surface area contributed by atoms with Gasteiger partial charge in [-0.05, 0) is 37.1 Å². The second-order valence-corrected chi connectivity index (χ2v) is 9.83. The number of unbranched alkanes of at least 4 members (excludes halogenated alkanes) is 4. The van der Waals surface area contributed by atoms with Crippen LogP contribution in [0.1, 0.15) is 52.4 Å². The standard InChI is InChI=1S/C30H42N4O5/c1-4-6-11-18-31(19-12-7-5-2)29(37)32-20-21-33(27(23-32)28(35)36)30(38)34(24-14-9-8-10-15-24)25-16-13-17-26(22-25)39-3/h8-10,13-17,22,27H,4-7,11-12,18-21,23H2,1-3H3,(H,35,36)/t27-/m0/s1. The molecule has 0 aliphatic carbocycles. The summed E-state index contributed by atoms with van der Waals surface area (Å²) in [5, 5.41) is 10.2. The molecule has 4 amide bonds. The van der Waals surface area contributed by atoms with E-state index in [4.69, 9.17) is 4.74 Å². The number of carboxylic acids is 1. The molecule has 0 bridgehead atoms. The van der Waals surface area contributed by atoms with Crippen LogP contribution in [0.5, 0.6) is 5.75 Å². The van der Waals surface area contributed by atoms with Gasteiger partial charge >= 0.3 is 18.0 Å². The van der Waals surface area contributed by atoms with Crippen molar-refractivity contribution in [2.45, 2.75) is 58.4 Å². The highest BCUT2D eigenvalue weighted by Gasteiger charge is 2.40. The predicted octanol–water partition coefficient (Wildman–Crippen LogP) is 5.83. The Morgan fingerprint density at radius 2 is 1.51 bits per heavy atom. The number of methoxy groups -OCH3 is 1. The monoisotopic (exact) mass is 538 g/mol. The van der Waals surface area contributed by atoms with Gasteiger partial charge in [-0.1, -0.05) is 63.8 Å². The van der Waals surface area contributed by atoms with E-state index in [0.29, 0.717) is 30.2 Å². The largest absolute Gasteiger partial charge is 0.497 e. The molecule has 1 N–H and O–H groups in total. The van der Waals surface area contributed by atoms with Gasteiger partial charge in [-0.15, -0.1) is 0 Å². The van der Waals surface area contributed by atoms with E-state index in [-0.39, 0.29) is 25.7 Å². The van der Waals surface area contributed by atoms with E-state index in [1.54, 1.807) is 48.4 Å². The summed E-state index contributed by atoms with van der Waals surface area (Å²) in [5.41, 5.74) is 1.17. The third-order valence-electron chi connectivity index (χ3n) is 7.03. The number of carboxylic acid groups (broad SMARTS) is 1. The zero-order chi connectivity index (χ0) is 28.2. The van der Waals surface area contributed by atoms with Crippen molar-refractivity contribution in [2.24, 2.45) is 0 Å². The van der Waals surface area contributed by atoms with E-state index < -0.39 is 18.0 Å². The summed E-state index contributed by atoms with van der Waals surface area (Å²) in [6.07, 6.45) is 6.03. The molecule has 1 saturated heterocycles. The van der Waals surface area contributed by atoms with Crippen LogP contribution in [0.25, 0.3) is 0 Å². The molecule has 1 fully saturated rings. The summed E-state index contributed by atoms with van der Waals surface area (Å²) in [4.78, 5) is 46.3. The summed E-state index contributed by atoms with van der Waals surface area (Å²) in [6, 6.07) is 14.4. The number of para-hydroxylation sites is 1. The number of ether oxygens (including phenoxy) is 1. The van der Waals surface area contributed by atoms with Crippen LogP contribution < -0.4 is 9.64 Å². The van der Waals surface area contributed by atoms with Gasteiger partial charge < -0.3 is 24.5 Å². The van der Waals surface area contributed by atoms with Crippen molar-refractivity contribution in [3.8, 4) is 5.75 Å². The highest BCUT2D eigenvalue weighted by molar-refractivity contribution is 6.01. The number of urea groups is 2. The normalized spacial score (nSPS) is 15.1. The maximum absolute atomic E-state index is 14.0. The lowest BCUT2D eigenvalue weighted by molar-refractivity contribution is -0.143. The SMILES string of the molecule is CCCCCN(CCCCC)C(=O)N1CCN(C(=O)N(c2ccccc2)c2cccc(OC)c2)[C@H](C(=O)O)C1. The number of rotatable bonds is 12. The van der Waals surface area contributed by atoms with Crippen molar-refractivity contribution in [3.05, 3.63) is 54.6 Å². The maximum atomic E-state index is 14.0. The molecule has 1 aliphatic rings. The molecule has 9 nitrogen and oxygen atoms in total. The third-order valence-corrected chi connectivity index (χ3v) is 7.03. The Morgan fingerprint density at radius 1 is 0.872 bits per heavy atom. The first-order valence-corrected chi connectivity index (χ1v) is 14.0. The minimum Gasteiger partial charge on any atom is -0.497 e. The molecule has 1 heterocycles. The van der Waals surface area contributed by atoms with E-state index in [9.17, 15) is 19.5 Å². The summed E-state index contributed by atoms with van der Waals surface area (Å²) < 4.78 is 5.36. The number of hydrogen-bond donors (Lipinski definition) is 1. The zero-order valence-corrected chi connectivity index (χ0v) is 23.4. The molecule has 1 aliphatic heterocycles. The van der Waals surface area contributed by atoms with Crippen LogP contribution in [-0.2, 0) is 4.79 Å². The highest BCUT2D eigenvalue weighted by atomic mass is 16.5. The summed E-state index contributed by atoms with van der Waals surface area (Å²) in [6.45, 7) is 5.90. The molecule has 0 aromatic heterocycles. The van der Waals surface area contributed by atoms with E-state index in [1.807, 2.05) is 23.1 Å². The molecule has 0 unspecified atom stereocenters. The molecule has 2 aromatic carbocycles. The van der Waals surface area contributed by atoms with E-state index in [1.165, 1.54) is 9.80 Å². The number of piperazine rings is 1. The molecule has 9 heteroatoms. The fraction of sp³-hybridized carbons (Fsp3) is 0.500. The quantitative estimate of drug-likeness (QED) is 0.343. The van der Waals surface area contributed by atoms with E-state index in [2.05, 4.69) is 13.8 Å². The smallest absolute Gasteiger partial charge is 0.329 e. The predicted molar refractivity (Wildman–Crippen MR) is 153 cm³/mol. The summed E-state index contributed by atoms with van der Waals surface area (Å²) >= 11 is 0. The van der Waals surface area contributed by atoms with Gasteiger partial charge in [0.2, 0.25) is 0 Å². The summed E-state index contributed by atoms with van der Waals surface area (Å²) in [5.74, 6) is -0.555. The highest BCUT2D eigenvalue weighted by Crippen LogP contribution is 2.30. The Balaban J connectivity index is 1.84. The lowest BCUT2D eigenvalue weighted by atomic mass is 10.1. The second kappa shape index (κ2) is 15.0. The van der Waals surface area contributed by atoms with Crippen LogP contribution in [0.3, 0.4) is 0 Å².